The van der Waals surface area contributed by atoms with Gasteiger partial charge >= 0.3 is 6.03 Å². The van der Waals surface area contributed by atoms with E-state index in [9.17, 15) is 13.6 Å². The number of aliphatic hydroxyl groups is 1. The smallest absolute Gasteiger partial charge is 0.318 e. The van der Waals surface area contributed by atoms with Crippen molar-refractivity contribution in [2.45, 2.75) is 38.8 Å². The van der Waals surface area contributed by atoms with E-state index in [-0.39, 0.29) is 36.7 Å². The molecule has 2 N–H and O–H groups in total. The molecule has 22 heavy (non-hydrogen) atoms. The Balaban J connectivity index is 2.15. The molecule has 1 aliphatic carbocycles. The highest BCUT2D eigenvalue weighted by molar-refractivity contribution is 5.75. The summed E-state index contributed by atoms with van der Waals surface area (Å²) in [5.41, 5.74) is 0.268. The maximum Gasteiger partial charge on any atom is 0.318 e. The van der Waals surface area contributed by atoms with Crippen LogP contribution in [0, 0.1) is 17.6 Å². The molecule has 0 bridgehead atoms. The van der Waals surface area contributed by atoms with Crippen LogP contribution in [0.5, 0.6) is 0 Å². The Hall–Kier alpha value is -1.69. The van der Waals surface area contributed by atoms with E-state index in [2.05, 4.69) is 5.32 Å². The van der Waals surface area contributed by atoms with E-state index >= 15 is 0 Å². The summed E-state index contributed by atoms with van der Waals surface area (Å²) >= 11 is 0. The van der Waals surface area contributed by atoms with Crippen molar-refractivity contribution in [2.24, 2.45) is 5.92 Å². The average Bonchev–Trinajstić information content (AvgIpc) is 3.27. The van der Waals surface area contributed by atoms with Crippen LogP contribution in [-0.2, 0) is 0 Å². The molecule has 0 heterocycles. The first-order chi connectivity index (χ1) is 10.4. The van der Waals surface area contributed by atoms with Crippen LogP contribution in [0.1, 0.15) is 38.3 Å². The fourth-order valence-corrected chi connectivity index (χ4v) is 2.52. The summed E-state index contributed by atoms with van der Waals surface area (Å²) in [6, 6.07) is 2.66. The predicted octanol–water partition coefficient (Wildman–Crippen LogP) is 2.83. The zero-order valence-corrected chi connectivity index (χ0v) is 12.9. The van der Waals surface area contributed by atoms with E-state index in [4.69, 9.17) is 5.11 Å². The SMILES string of the molecule is CC(C)C(NC(=O)N(CCO)C1CC1)c1ccc(F)cc1F. The zero-order chi connectivity index (χ0) is 16.3. The van der Waals surface area contributed by atoms with Gasteiger partial charge in [-0.1, -0.05) is 19.9 Å². The molecule has 4 nitrogen and oxygen atoms in total. The number of carbonyl (C=O) groups is 1. The van der Waals surface area contributed by atoms with Gasteiger partial charge in [0.2, 0.25) is 0 Å². The van der Waals surface area contributed by atoms with E-state index in [1.54, 1.807) is 4.90 Å². The second-order valence-corrected chi connectivity index (χ2v) is 5.99. The topological polar surface area (TPSA) is 52.6 Å². The minimum atomic E-state index is -0.667. The van der Waals surface area contributed by atoms with E-state index in [0.29, 0.717) is 0 Å². The van der Waals surface area contributed by atoms with Gasteiger partial charge in [-0.25, -0.2) is 13.6 Å². The van der Waals surface area contributed by atoms with Gasteiger partial charge in [-0.15, -0.1) is 0 Å². The summed E-state index contributed by atoms with van der Waals surface area (Å²) in [6.45, 7) is 3.87. The largest absolute Gasteiger partial charge is 0.395 e. The van der Waals surface area contributed by atoms with E-state index < -0.39 is 17.7 Å². The lowest BCUT2D eigenvalue weighted by Crippen LogP contribution is -2.45. The van der Waals surface area contributed by atoms with Crippen LogP contribution in [0.25, 0.3) is 0 Å². The van der Waals surface area contributed by atoms with Crippen molar-refractivity contribution >= 4 is 6.03 Å². The van der Waals surface area contributed by atoms with Crippen molar-refractivity contribution in [1.82, 2.24) is 10.2 Å². The number of carbonyl (C=O) groups excluding carboxylic acids is 1. The lowest BCUT2D eigenvalue weighted by Gasteiger charge is -2.28. The Morgan fingerprint density at radius 3 is 2.59 bits per heavy atom. The highest BCUT2D eigenvalue weighted by Crippen LogP contribution is 2.29. The molecular weight excluding hydrogens is 290 g/mol. The quantitative estimate of drug-likeness (QED) is 0.848. The first kappa shape index (κ1) is 16.7. The minimum Gasteiger partial charge on any atom is -0.395 e. The number of urea groups is 1. The van der Waals surface area contributed by atoms with Crippen molar-refractivity contribution in [1.29, 1.82) is 0 Å². The first-order valence-electron chi connectivity index (χ1n) is 7.57. The number of halogens is 2. The molecule has 0 spiro atoms. The predicted molar refractivity (Wildman–Crippen MR) is 79.3 cm³/mol. The lowest BCUT2D eigenvalue weighted by molar-refractivity contribution is 0.167. The van der Waals surface area contributed by atoms with Crippen LogP contribution >= 0.6 is 0 Å². The maximum atomic E-state index is 14.0. The molecule has 1 atom stereocenters. The van der Waals surface area contributed by atoms with Crippen molar-refractivity contribution in [3.05, 3.63) is 35.4 Å². The molecule has 122 valence electrons. The zero-order valence-electron chi connectivity index (χ0n) is 12.9. The lowest BCUT2D eigenvalue weighted by atomic mass is 9.95. The molecule has 1 aromatic carbocycles. The summed E-state index contributed by atoms with van der Waals surface area (Å²) in [5, 5.41) is 11.9. The van der Waals surface area contributed by atoms with Gasteiger partial charge in [0.25, 0.3) is 0 Å². The van der Waals surface area contributed by atoms with Crippen LogP contribution in [0.3, 0.4) is 0 Å². The van der Waals surface area contributed by atoms with Gasteiger partial charge < -0.3 is 15.3 Å². The molecule has 1 saturated carbocycles. The molecule has 0 saturated heterocycles. The molecule has 6 heteroatoms. The summed E-state index contributed by atoms with van der Waals surface area (Å²) in [4.78, 5) is 14.0. The number of nitrogens with zero attached hydrogens (tertiary/aromatic N) is 1. The van der Waals surface area contributed by atoms with Crippen LogP contribution in [0.2, 0.25) is 0 Å². The molecule has 2 amide bonds. The molecule has 2 rings (SSSR count). The average molecular weight is 312 g/mol. The number of hydrogen-bond donors (Lipinski definition) is 2. The van der Waals surface area contributed by atoms with E-state index in [1.165, 1.54) is 12.1 Å². The fourth-order valence-electron chi connectivity index (χ4n) is 2.52. The number of hydrogen-bond acceptors (Lipinski definition) is 2. The van der Waals surface area contributed by atoms with Gasteiger partial charge in [0.05, 0.1) is 12.6 Å². The van der Waals surface area contributed by atoms with E-state index in [1.807, 2.05) is 13.8 Å². The molecule has 1 aliphatic rings. The van der Waals surface area contributed by atoms with Crippen LogP contribution < -0.4 is 5.32 Å². The van der Waals surface area contributed by atoms with Gasteiger partial charge in [-0.3, -0.25) is 0 Å². The number of aliphatic hydroxyl groups excluding tert-OH is 1. The van der Waals surface area contributed by atoms with Gasteiger partial charge in [-0.2, -0.15) is 0 Å². The third-order valence-corrected chi connectivity index (χ3v) is 3.83. The van der Waals surface area contributed by atoms with Gasteiger partial charge in [0.15, 0.2) is 0 Å². The first-order valence-corrected chi connectivity index (χ1v) is 7.57. The molecule has 0 aromatic heterocycles. The summed E-state index contributed by atoms with van der Waals surface area (Å²) in [5.74, 6) is -1.37. The second-order valence-electron chi connectivity index (χ2n) is 5.99. The third kappa shape index (κ3) is 3.94. The fraction of sp³-hybridized carbons (Fsp3) is 0.562. The number of amides is 2. The van der Waals surface area contributed by atoms with Gasteiger partial charge in [0.1, 0.15) is 11.6 Å². The van der Waals surface area contributed by atoms with Crippen molar-refractivity contribution in [3.8, 4) is 0 Å². The Labute approximate surface area is 129 Å². The summed E-state index contributed by atoms with van der Waals surface area (Å²) in [7, 11) is 0. The Bertz CT molecular complexity index is 533. The summed E-state index contributed by atoms with van der Waals surface area (Å²) < 4.78 is 27.0. The maximum absolute atomic E-state index is 14.0. The minimum absolute atomic E-state index is 0.0564. The monoisotopic (exact) mass is 312 g/mol. The van der Waals surface area contributed by atoms with Gasteiger partial charge in [-0.05, 0) is 24.8 Å². The standard InChI is InChI=1S/C16H22F2N2O2/c1-10(2)15(13-6-3-11(17)9-14(13)18)19-16(22)20(7-8-21)12-4-5-12/h3,6,9-10,12,15,21H,4-5,7-8H2,1-2H3,(H,19,22). The molecule has 1 aromatic rings. The number of rotatable bonds is 6. The highest BCUT2D eigenvalue weighted by Gasteiger charge is 2.33. The number of benzene rings is 1. The van der Waals surface area contributed by atoms with Crippen LogP contribution in [0.15, 0.2) is 18.2 Å². The normalized spacial score (nSPS) is 15.7. The highest BCUT2D eigenvalue weighted by atomic mass is 19.1. The van der Waals surface area contributed by atoms with Crippen molar-refractivity contribution < 1.29 is 18.7 Å². The molecule has 1 fully saturated rings. The van der Waals surface area contributed by atoms with Crippen molar-refractivity contribution in [2.75, 3.05) is 13.2 Å². The van der Waals surface area contributed by atoms with Crippen molar-refractivity contribution in [3.63, 3.8) is 0 Å². The van der Waals surface area contributed by atoms with E-state index in [0.717, 1.165) is 18.9 Å². The Morgan fingerprint density at radius 1 is 1.41 bits per heavy atom. The molecule has 0 radical (unpaired) electrons. The third-order valence-electron chi connectivity index (χ3n) is 3.83. The Kier molecular flexibility index (Phi) is 5.34. The molecule has 1 unspecified atom stereocenters. The number of nitrogens with one attached hydrogen (secondary N) is 1. The van der Waals surface area contributed by atoms with Crippen LogP contribution in [-0.4, -0.2) is 35.2 Å². The summed E-state index contributed by atoms with van der Waals surface area (Å²) in [6.07, 6.45) is 1.84. The molecule has 0 aliphatic heterocycles. The van der Waals surface area contributed by atoms with Crippen LogP contribution in [0.4, 0.5) is 13.6 Å². The molecular formula is C16H22F2N2O2. The Morgan fingerprint density at radius 2 is 2.09 bits per heavy atom. The second kappa shape index (κ2) is 7.05. The van der Waals surface area contributed by atoms with Gasteiger partial charge in [0, 0.05) is 24.2 Å².